The Morgan fingerprint density at radius 2 is 2.14 bits per heavy atom. The van der Waals surface area contributed by atoms with E-state index in [1.807, 2.05) is 24.3 Å². The van der Waals surface area contributed by atoms with Gasteiger partial charge in [-0.2, -0.15) is 5.26 Å². The summed E-state index contributed by atoms with van der Waals surface area (Å²) >= 11 is 0. The number of rotatable bonds is 3. The van der Waals surface area contributed by atoms with E-state index in [0.717, 1.165) is 17.2 Å². The molecule has 0 spiro atoms. The molecule has 1 aromatic rings. The first-order chi connectivity index (χ1) is 6.81. The number of hydrogen-bond acceptors (Lipinski definition) is 2. The number of hydrogen-bond donors (Lipinski definition) is 1. The van der Waals surface area contributed by atoms with Crippen LogP contribution in [-0.2, 0) is 0 Å². The number of nitriles is 1. The second kappa shape index (κ2) is 3.71. The standard InChI is InChI=1S/C12H14N2/c1-9(10-6-7-10)14-12-5-3-2-4-11(12)8-13/h2-5,9-10,14H,6-7H2,1H3. The maximum absolute atomic E-state index is 8.90. The highest BCUT2D eigenvalue weighted by Gasteiger charge is 2.27. The average Bonchev–Trinajstić information content (AvgIpc) is 3.02. The first kappa shape index (κ1) is 9.08. The van der Waals surface area contributed by atoms with Gasteiger partial charge < -0.3 is 5.32 Å². The molecule has 0 radical (unpaired) electrons. The molecule has 0 heterocycles. The fraction of sp³-hybridized carbons (Fsp3) is 0.417. The molecule has 1 N–H and O–H groups in total. The Bertz CT molecular complexity index is 361. The van der Waals surface area contributed by atoms with Crippen molar-refractivity contribution in [3.05, 3.63) is 29.8 Å². The molecule has 0 saturated heterocycles. The zero-order chi connectivity index (χ0) is 9.97. The van der Waals surface area contributed by atoms with Crippen LogP contribution < -0.4 is 5.32 Å². The molecule has 2 rings (SSSR count). The Balaban J connectivity index is 2.11. The van der Waals surface area contributed by atoms with Gasteiger partial charge in [-0.05, 0) is 37.8 Å². The Labute approximate surface area is 84.6 Å². The van der Waals surface area contributed by atoms with Gasteiger partial charge in [0.05, 0.1) is 11.3 Å². The van der Waals surface area contributed by atoms with Crippen LogP contribution in [0.25, 0.3) is 0 Å². The third-order valence-corrected chi connectivity index (χ3v) is 2.76. The summed E-state index contributed by atoms with van der Waals surface area (Å²) in [4.78, 5) is 0. The summed E-state index contributed by atoms with van der Waals surface area (Å²) in [7, 11) is 0. The summed E-state index contributed by atoms with van der Waals surface area (Å²) in [6.45, 7) is 2.19. The monoisotopic (exact) mass is 186 g/mol. The Hall–Kier alpha value is -1.49. The molecule has 1 fully saturated rings. The third kappa shape index (κ3) is 1.88. The van der Waals surface area contributed by atoms with Gasteiger partial charge in [0.1, 0.15) is 6.07 Å². The lowest BCUT2D eigenvalue weighted by molar-refractivity contribution is 0.694. The molecule has 0 aromatic heterocycles. The predicted molar refractivity (Wildman–Crippen MR) is 57.0 cm³/mol. The molecule has 0 aliphatic heterocycles. The van der Waals surface area contributed by atoms with Crippen LogP contribution in [0.2, 0.25) is 0 Å². The Kier molecular flexibility index (Phi) is 2.41. The van der Waals surface area contributed by atoms with Gasteiger partial charge in [-0.3, -0.25) is 0 Å². The molecule has 1 saturated carbocycles. The van der Waals surface area contributed by atoms with Crippen molar-refractivity contribution in [2.24, 2.45) is 5.92 Å². The summed E-state index contributed by atoms with van der Waals surface area (Å²) in [5, 5.41) is 12.3. The predicted octanol–water partition coefficient (Wildman–Crippen LogP) is 2.77. The fourth-order valence-electron chi connectivity index (χ4n) is 1.67. The van der Waals surface area contributed by atoms with E-state index in [2.05, 4.69) is 18.3 Å². The maximum Gasteiger partial charge on any atom is 0.101 e. The maximum atomic E-state index is 8.90. The lowest BCUT2D eigenvalue weighted by atomic mass is 10.1. The van der Waals surface area contributed by atoms with Crippen molar-refractivity contribution in [3.63, 3.8) is 0 Å². The molecule has 72 valence electrons. The number of nitrogens with zero attached hydrogens (tertiary/aromatic N) is 1. The van der Waals surface area contributed by atoms with Crippen LogP contribution in [0.4, 0.5) is 5.69 Å². The van der Waals surface area contributed by atoms with Gasteiger partial charge in [0.2, 0.25) is 0 Å². The van der Waals surface area contributed by atoms with Crippen molar-refractivity contribution >= 4 is 5.69 Å². The molecule has 0 bridgehead atoms. The highest BCUT2D eigenvalue weighted by Crippen LogP contribution is 2.34. The molecule has 1 aliphatic rings. The number of para-hydroxylation sites is 1. The average molecular weight is 186 g/mol. The second-order valence-corrected chi connectivity index (χ2v) is 3.93. The zero-order valence-electron chi connectivity index (χ0n) is 8.33. The fourth-order valence-corrected chi connectivity index (χ4v) is 1.67. The summed E-state index contributed by atoms with van der Waals surface area (Å²) in [6, 6.07) is 10.4. The Morgan fingerprint density at radius 3 is 2.79 bits per heavy atom. The SMILES string of the molecule is CC(Nc1ccccc1C#N)C1CC1. The summed E-state index contributed by atoms with van der Waals surface area (Å²) in [5.74, 6) is 0.807. The van der Waals surface area contributed by atoms with Crippen LogP contribution in [0.3, 0.4) is 0 Å². The highest BCUT2D eigenvalue weighted by atomic mass is 14.9. The van der Waals surface area contributed by atoms with Crippen molar-refractivity contribution in [1.82, 2.24) is 0 Å². The minimum absolute atomic E-state index is 0.490. The van der Waals surface area contributed by atoms with Crippen LogP contribution >= 0.6 is 0 Å². The number of nitrogens with one attached hydrogen (secondary N) is 1. The topological polar surface area (TPSA) is 35.8 Å². The van der Waals surface area contributed by atoms with Crippen LogP contribution in [0.15, 0.2) is 24.3 Å². The van der Waals surface area contributed by atoms with Gasteiger partial charge in [0.15, 0.2) is 0 Å². The van der Waals surface area contributed by atoms with E-state index in [1.165, 1.54) is 12.8 Å². The van der Waals surface area contributed by atoms with Crippen molar-refractivity contribution in [2.75, 3.05) is 5.32 Å². The van der Waals surface area contributed by atoms with Crippen LogP contribution in [0.1, 0.15) is 25.3 Å². The zero-order valence-corrected chi connectivity index (χ0v) is 8.33. The van der Waals surface area contributed by atoms with E-state index in [4.69, 9.17) is 5.26 Å². The first-order valence-corrected chi connectivity index (χ1v) is 5.07. The van der Waals surface area contributed by atoms with E-state index in [-0.39, 0.29) is 0 Å². The van der Waals surface area contributed by atoms with E-state index >= 15 is 0 Å². The summed E-state index contributed by atoms with van der Waals surface area (Å²) < 4.78 is 0. The van der Waals surface area contributed by atoms with E-state index in [1.54, 1.807) is 0 Å². The summed E-state index contributed by atoms with van der Waals surface area (Å²) in [5.41, 5.74) is 1.70. The van der Waals surface area contributed by atoms with Gasteiger partial charge in [0.25, 0.3) is 0 Å². The molecule has 2 nitrogen and oxygen atoms in total. The molecule has 1 atom stereocenters. The molecule has 0 amide bonds. The third-order valence-electron chi connectivity index (χ3n) is 2.76. The minimum Gasteiger partial charge on any atom is -0.381 e. The minimum atomic E-state index is 0.490. The van der Waals surface area contributed by atoms with E-state index in [0.29, 0.717) is 6.04 Å². The molecule has 1 unspecified atom stereocenters. The largest absolute Gasteiger partial charge is 0.381 e. The summed E-state index contributed by atoms with van der Waals surface area (Å²) in [6.07, 6.45) is 2.64. The normalized spacial score (nSPS) is 17.1. The van der Waals surface area contributed by atoms with E-state index in [9.17, 15) is 0 Å². The smallest absolute Gasteiger partial charge is 0.101 e. The van der Waals surface area contributed by atoms with Crippen LogP contribution in [-0.4, -0.2) is 6.04 Å². The number of anilines is 1. The lowest BCUT2D eigenvalue weighted by Crippen LogP contribution is -2.17. The van der Waals surface area contributed by atoms with Crippen molar-refractivity contribution < 1.29 is 0 Å². The van der Waals surface area contributed by atoms with Crippen LogP contribution in [0.5, 0.6) is 0 Å². The Morgan fingerprint density at radius 1 is 1.43 bits per heavy atom. The quantitative estimate of drug-likeness (QED) is 0.787. The van der Waals surface area contributed by atoms with Gasteiger partial charge in [-0.15, -0.1) is 0 Å². The second-order valence-electron chi connectivity index (χ2n) is 3.93. The molecule has 1 aliphatic carbocycles. The van der Waals surface area contributed by atoms with Crippen molar-refractivity contribution in [3.8, 4) is 6.07 Å². The highest BCUT2D eigenvalue weighted by molar-refractivity contribution is 5.57. The number of benzene rings is 1. The van der Waals surface area contributed by atoms with Gasteiger partial charge in [-0.1, -0.05) is 12.1 Å². The van der Waals surface area contributed by atoms with Gasteiger partial charge >= 0.3 is 0 Å². The lowest BCUT2D eigenvalue weighted by Gasteiger charge is -2.14. The van der Waals surface area contributed by atoms with Crippen molar-refractivity contribution in [1.29, 1.82) is 5.26 Å². The first-order valence-electron chi connectivity index (χ1n) is 5.07. The molecule has 2 heteroatoms. The van der Waals surface area contributed by atoms with Gasteiger partial charge in [0, 0.05) is 6.04 Å². The van der Waals surface area contributed by atoms with E-state index < -0.39 is 0 Å². The molecular weight excluding hydrogens is 172 g/mol. The van der Waals surface area contributed by atoms with Crippen molar-refractivity contribution in [2.45, 2.75) is 25.8 Å². The molecule has 14 heavy (non-hydrogen) atoms. The molecule has 1 aromatic carbocycles. The van der Waals surface area contributed by atoms with Crippen LogP contribution in [0, 0.1) is 17.2 Å². The molecular formula is C12H14N2. The van der Waals surface area contributed by atoms with Gasteiger partial charge in [-0.25, -0.2) is 0 Å².